The van der Waals surface area contributed by atoms with E-state index in [1.807, 2.05) is 6.07 Å². The summed E-state index contributed by atoms with van der Waals surface area (Å²) in [6, 6.07) is 41.8. The minimum absolute atomic E-state index is 0. The van der Waals surface area contributed by atoms with Crippen LogP contribution in [0.15, 0.2) is 164 Å². The van der Waals surface area contributed by atoms with Crippen molar-refractivity contribution in [1.82, 2.24) is 36.2 Å². The van der Waals surface area contributed by atoms with E-state index in [2.05, 4.69) is 40.0 Å². The van der Waals surface area contributed by atoms with Crippen LogP contribution in [0, 0.1) is 6.92 Å². The normalized spacial score (nSPS) is 19.9. The number of hydrogen-bond donors (Lipinski definition) is 5. The van der Waals surface area contributed by atoms with Crippen LogP contribution in [0.4, 0.5) is 19.2 Å². The molecule has 6 aromatic rings. The molecule has 4 aliphatic rings. The van der Waals surface area contributed by atoms with E-state index in [9.17, 15) is 44.1 Å². The van der Waals surface area contributed by atoms with Gasteiger partial charge in [0.2, 0.25) is 22.7 Å². The van der Waals surface area contributed by atoms with E-state index in [0.29, 0.717) is 35.1 Å². The average molecular weight is 1470 g/mol. The van der Waals surface area contributed by atoms with E-state index in [4.69, 9.17) is 87.5 Å². The predicted molar refractivity (Wildman–Crippen MR) is 346 cm³/mol. The van der Waals surface area contributed by atoms with Crippen molar-refractivity contribution in [1.29, 1.82) is 0 Å². The Morgan fingerprint density at radius 3 is 1.11 bits per heavy atom. The molecule has 0 saturated carbocycles. The van der Waals surface area contributed by atoms with Crippen LogP contribution in [-0.4, -0.2) is 113 Å². The molecular weight excluding hydrogens is 1390 g/mol. The fraction of sp³-hybridized carbons (Fsp3) is 0.263. The Bertz CT molecular complexity index is 3120. The number of halogens is 10. The first-order valence-electron chi connectivity index (χ1n) is 23.8. The van der Waals surface area contributed by atoms with Crippen LogP contribution in [0.25, 0.3) is 0 Å². The van der Waals surface area contributed by atoms with Gasteiger partial charge < -0.3 is 57.8 Å². The molecule has 0 bridgehead atoms. The summed E-state index contributed by atoms with van der Waals surface area (Å²) < 4.78 is 5.81. The maximum atomic E-state index is 12.8. The first kappa shape index (κ1) is 91.1. The van der Waals surface area contributed by atoms with Gasteiger partial charge in [0.15, 0.2) is 0 Å². The van der Waals surface area contributed by atoms with E-state index < -0.39 is 70.8 Å². The van der Waals surface area contributed by atoms with Gasteiger partial charge in [-0.3, -0.25) is 0 Å². The molecule has 4 heterocycles. The molecule has 4 unspecified atom stereocenters. The molecule has 492 valence electrons. The first-order chi connectivity index (χ1) is 39.0. The topological polar surface area (TPSA) is 340 Å². The molecule has 33 heteroatoms. The summed E-state index contributed by atoms with van der Waals surface area (Å²) in [6.45, 7) is 1.76. The number of phenols is 2. The molecule has 10 rings (SSSR count). The van der Waals surface area contributed by atoms with Gasteiger partial charge in [0.05, 0.1) is 11.9 Å². The number of alkyl halides is 2. The van der Waals surface area contributed by atoms with Crippen molar-refractivity contribution in [3.05, 3.63) is 203 Å². The molecule has 4 saturated heterocycles. The predicted octanol–water partition coefficient (Wildman–Crippen LogP) is 6.28. The Balaban J connectivity index is -0.000000542. The van der Waals surface area contributed by atoms with Crippen LogP contribution in [0.2, 0.25) is 0 Å². The second-order valence-corrected chi connectivity index (χ2v) is 20.0. The Morgan fingerprint density at radius 2 is 0.778 bits per heavy atom. The zero-order chi connectivity index (χ0) is 61.1. The molecule has 0 radical (unpaired) electrons. The maximum Gasteiger partial charge on any atom is 1.00 e. The van der Waals surface area contributed by atoms with Gasteiger partial charge in [-0.05, 0) is 41.8 Å². The molecule has 22 nitrogen and oxygen atoms in total. The van der Waals surface area contributed by atoms with Crippen molar-refractivity contribution in [3.8, 4) is 11.5 Å². The van der Waals surface area contributed by atoms with Gasteiger partial charge in [0.1, 0.15) is 23.6 Å². The van der Waals surface area contributed by atoms with Crippen molar-refractivity contribution in [2.45, 2.75) is 84.2 Å². The molecular formula is C57H71Cl10N10NaO12. The number of aromatic hydroxyl groups is 2. The fourth-order valence-electron chi connectivity index (χ4n) is 9.34. The number of carbonyl (C=O) groups excluding carboxylic acids is 6. The summed E-state index contributed by atoms with van der Waals surface area (Å²) in [6.07, 6.45) is 3.59. The maximum absolute atomic E-state index is 12.8. The molecule has 12 N–H and O–H groups in total. The third kappa shape index (κ3) is 16.5. The number of carboxylic acid groups (broad SMARTS) is 2. The number of quaternary nitrogens is 2. The van der Waals surface area contributed by atoms with Crippen LogP contribution in [0.3, 0.4) is 0 Å². The van der Waals surface area contributed by atoms with Crippen molar-refractivity contribution in [2.75, 3.05) is 12.8 Å². The molecule has 0 aromatic heterocycles. The minimum atomic E-state index is -1.71. The molecule has 6 aromatic carbocycles. The molecule has 0 spiro atoms. The summed E-state index contributed by atoms with van der Waals surface area (Å²) in [5, 5.41) is 41.7. The van der Waals surface area contributed by atoms with E-state index in [-0.39, 0.29) is 94.1 Å². The summed E-state index contributed by atoms with van der Waals surface area (Å²) in [5.41, 5.74) is 4.75. The SMILES string of the molecule is C.C.C.C.CCl.CCl.Cc1cc(CC([NH3+])C(=O)[O-])ccc1O.Cl.O.O=C1N(Cl)C2(c3ccccc3)N(Cl)C(=O)N(Cl)C2(c2ccccc2)N1Cl.O=C1NC2(c3ccccc3)N(Cl)C(=O)N(Cl)C2(c2ccccc2)N1Cl.[NH3+]C(Cc1ccc(O)cc1)C(=O)[O-].[Na+].[OH-]. The first-order valence-corrected chi connectivity index (χ1v) is 27.6. The van der Waals surface area contributed by atoms with Gasteiger partial charge in [-0.1, -0.05) is 175 Å². The van der Waals surface area contributed by atoms with Crippen molar-refractivity contribution >= 4 is 154 Å². The van der Waals surface area contributed by atoms with Gasteiger partial charge in [-0.15, -0.1) is 35.6 Å². The summed E-state index contributed by atoms with van der Waals surface area (Å²) in [5.74, 6) is -1.94. The standard InChI is InChI=1S/C16H10Cl4N4O2.C16H11Cl3N4O2.C10H13NO3.C9H11NO3.2CH3Cl.4CH4.ClH.Na.2H2O/c17-21-13(25)23(19)16(12-9-5-2-6-10-12)15(21,11-7-3-1-4-8-11)22(18)14(26)24(16)20;17-21-13(24)20-15(11-7-3-1-4-8-11)16(21,12-9-5-2-6-10-12)23(19)14(25)22(15)18;1-6-4-7(2-3-9(6)12)5-8(11)10(13)14;10-8(9(12)13)5-6-1-3-7(11)4-2-6;2*1-2;;;;;;;;/h1-10H;1-10H,(H,20,24);2-4,8,12H,5,11H2,1H3,(H,13,14);1-4,8,11H,5,10H2,(H,12,13);2*1H3;4*1H4;1H;;2*1H2/q;;;;;;;;;;;+1;;/p-1. The second-order valence-electron chi connectivity index (χ2n) is 17.7. The van der Waals surface area contributed by atoms with E-state index in [1.54, 1.807) is 153 Å². The number of aryl methyl sites for hydroxylation is 1. The number of fused-ring (bicyclic) bond motifs is 2. The number of carboxylic acids is 2. The minimum Gasteiger partial charge on any atom is -0.870 e. The summed E-state index contributed by atoms with van der Waals surface area (Å²) in [4.78, 5) is 71.6. The van der Waals surface area contributed by atoms with Gasteiger partial charge in [0, 0.05) is 130 Å². The van der Waals surface area contributed by atoms with E-state index >= 15 is 0 Å². The van der Waals surface area contributed by atoms with Crippen LogP contribution in [0.1, 0.15) is 68.7 Å². The van der Waals surface area contributed by atoms with Gasteiger partial charge in [-0.25, -0.2) is 28.0 Å². The van der Waals surface area contributed by atoms with Crippen LogP contribution >= 0.6 is 118 Å². The van der Waals surface area contributed by atoms with Gasteiger partial charge in [-0.2, -0.15) is 22.1 Å². The Labute approximate surface area is 597 Å². The number of phenolic OH excluding ortho intramolecular Hbond substituents is 2. The zero-order valence-electron chi connectivity index (χ0n) is 45.6. The number of nitrogens with one attached hydrogen (secondary N) is 1. The monoisotopic (exact) mass is 1460 g/mol. The third-order valence-electron chi connectivity index (χ3n) is 13.0. The van der Waals surface area contributed by atoms with E-state index in [1.165, 1.54) is 24.9 Å². The smallest absolute Gasteiger partial charge is 0.870 e. The Kier molecular flexibility index (Phi) is 39.8. The molecule has 4 atom stereocenters. The van der Waals surface area contributed by atoms with Gasteiger partial charge in [0.25, 0.3) is 0 Å². The second kappa shape index (κ2) is 39.3. The quantitative estimate of drug-likeness (QED) is 0.0577. The van der Waals surface area contributed by atoms with E-state index in [0.717, 1.165) is 47.6 Å². The summed E-state index contributed by atoms with van der Waals surface area (Å²) in [7, 11) is 0. The van der Waals surface area contributed by atoms with Crippen LogP contribution < -0.4 is 56.6 Å². The number of hydrogen-bond acceptors (Lipinski definition) is 11. The zero-order valence-corrected chi connectivity index (χ0v) is 55.2. The van der Waals surface area contributed by atoms with Crippen LogP contribution in [-0.2, 0) is 45.1 Å². The molecule has 0 aliphatic carbocycles. The number of carbonyl (C=O) groups is 6. The molecule has 4 aliphatic heterocycles. The molecule has 90 heavy (non-hydrogen) atoms. The van der Waals surface area contributed by atoms with Crippen molar-refractivity contribution < 1.29 is 101 Å². The van der Waals surface area contributed by atoms with Gasteiger partial charge >= 0.3 is 53.7 Å². The van der Waals surface area contributed by atoms with Crippen LogP contribution in [0.5, 0.6) is 11.5 Å². The van der Waals surface area contributed by atoms with Crippen molar-refractivity contribution in [2.24, 2.45) is 0 Å². The largest absolute Gasteiger partial charge is 1.00 e. The Morgan fingerprint density at radius 1 is 0.489 bits per heavy atom. The fourth-order valence-corrected chi connectivity index (χ4v) is 12.1. The number of rotatable bonds is 10. The number of aliphatic carboxylic acids is 2. The summed E-state index contributed by atoms with van der Waals surface area (Å²) >= 11 is 54.1. The third-order valence-corrected chi connectivity index (χ3v) is 15.8. The van der Waals surface area contributed by atoms with Crippen molar-refractivity contribution in [3.63, 3.8) is 0 Å². The average Bonchev–Trinajstić information content (AvgIpc) is 1.50. The molecule has 8 amide bonds. The number of urea groups is 4. The number of amides is 8. The number of nitrogens with zero attached hydrogens (tertiary/aromatic N) is 7. The Hall–Kier alpha value is -5.32. The number of benzene rings is 6. The molecule has 4 fully saturated rings.